The quantitative estimate of drug-likeness (QED) is 0.869. The molecule has 4 heteroatoms. The van der Waals surface area contributed by atoms with Gasteiger partial charge in [-0.1, -0.05) is 30.3 Å². The molecule has 0 amide bonds. The molecule has 0 atom stereocenters. The lowest BCUT2D eigenvalue weighted by Crippen LogP contribution is -2.14. The predicted molar refractivity (Wildman–Crippen MR) is 89.3 cm³/mol. The molecule has 2 aromatic rings. The zero-order valence-corrected chi connectivity index (χ0v) is 13.1. The van der Waals surface area contributed by atoms with Crippen LogP contribution in [0.25, 0.3) is 11.3 Å². The average molecular weight is 293 g/mol. The lowest BCUT2D eigenvalue weighted by molar-refractivity contribution is 0.319. The van der Waals surface area contributed by atoms with Crippen molar-refractivity contribution in [3.05, 3.63) is 65.5 Å². The zero-order chi connectivity index (χ0) is 15.5. The smallest absolute Gasteiger partial charge is 0.225 e. The number of rotatable bonds is 3. The minimum absolute atomic E-state index is 0.554. The van der Waals surface area contributed by atoms with Gasteiger partial charge >= 0.3 is 0 Å². The molecule has 112 valence electrons. The molecule has 0 N–H and O–H groups in total. The van der Waals surface area contributed by atoms with E-state index >= 15 is 0 Å². The Kier molecular flexibility index (Phi) is 3.92. The first-order valence-corrected chi connectivity index (χ1v) is 7.25. The van der Waals surface area contributed by atoms with Gasteiger partial charge in [-0.15, -0.1) is 0 Å². The monoisotopic (exact) mass is 293 g/mol. The molecule has 1 aromatic carbocycles. The van der Waals surface area contributed by atoms with Crippen LogP contribution in [0.5, 0.6) is 0 Å². The van der Waals surface area contributed by atoms with Gasteiger partial charge in [0.1, 0.15) is 18.1 Å². The average Bonchev–Trinajstić information content (AvgIpc) is 2.55. The molecule has 22 heavy (non-hydrogen) atoms. The van der Waals surface area contributed by atoms with E-state index < -0.39 is 0 Å². The standard InChI is InChI=1S/C18H19N3O/c1-13-11-15(14-7-5-4-6-8-14)12-22-17(13)16-9-10-19-18(20-16)21(2)3/h4-11H,12H2,1-3H3. The minimum Gasteiger partial charge on any atom is -0.486 e. The summed E-state index contributed by atoms with van der Waals surface area (Å²) in [5.41, 5.74) is 4.27. The summed E-state index contributed by atoms with van der Waals surface area (Å²) in [7, 11) is 3.85. The van der Waals surface area contributed by atoms with Crippen molar-refractivity contribution in [3.63, 3.8) is 0 Å². The first-order chi connectivity index (χ1) is 10.6. The molecule has 0 saturated carbocycles. The Morgan fingerprint density at radius 2 is 1.86 bits per heavy atom. The van der Waals surface area contributed by atoms with Crippen molar-refractivity contribution in [2.45, 2.75) is 6.92 Å². The van der Waals surface area contributed by atoms with Crippen molar-refractivity contribution in [3.8, 4) is 0 Å². The lowest BCUT2D eigenvalue weighted by Gasteiger charge is -2.20. The van der Waals surface area contributed by atoms with Crippen molar-refractivity contribution >= 4 is 17.3 Å². The van der Waals surface area contributed by atoms with Crippen LogP contribution in [-0.2, 0) is 4.74 Å². The molecule has 0 radical (unpaired) electrons. The Bertz CT molecular complexity index is 733. The van der Waals surface area contributed by atoms with Crippen molar-refractivity contribution in [2.24, 2.45) is 0 Å². The van der Waals surface area contributed by atoms with Crippen LogP contribution in [-0.4, -0.2) is 30.7 Å². The van der Waals surface area contributed by atoms with Crippen molar-refractivity contribution in [2.75, 3.05) is 25.6 Å². The fourth-order valence-corrected chi connectivity index (χ4v) is 2.42. The Balaban J connectivity index is 1.96. The summed E-state index contributed by atoms with van der Waals surface area (Å²) in [6.07, 6.45) is 3.93. The molecule has 2 heterocycles. The van der Waals surface area contributed by atoms with Gasteiger partial charge in [0.2, 0.25) is 5.95 Å². The molecule has 0 aliphatic carbocycles. The van der Waals surface area contributed by atoms with E-state index in [1.165, 1.54) is 11.1 Å². The zero-order valence-electron chi connectivity index (χ0n) is 13.1. The number of anilines is 1. The van der Waals surface area contributed by atoms with Gasteiger partial charge < -0.3 is 9.64 Å². The molecule has 1 aromatic heterocycles. The molecular weight excluding hydrogens is 274 g/mol. The normalized spacial score (nSPS) is 14.4. The van der Waals surface area contributed by atoms with Crippen LogP contribution in [0.3, 0.4) is 0 Å². The van der Waals surface area contributed by atoms with E-state index in [-0.39, 0.29) is 0 Å². The van der Waals surface area contributed by atoms with E-state index in [1.54, 1.807) is 6.20 Å². The third-order valence-corrected chi connectivity index (χ3v) is 3.54. The van der Waals surface area contributed by atoms with Gasteiger partial charge in [0, 0.05) is 20.3 Å². The van der Waals surface area contributed by atoms with Crippen LogP contribution in [0, 0.1) is 0 Å². The molecular formula is C18H19N3O. The predicted octanol–water partition coefficient (Wildman–Crippen LogP) is 3.39. The van der Waals surface area contributed by atoms with Crippen molar-refractivity contribution in [1.82, 2.24) is 9.97 Å². The van der Waals surface area contributed by atoms with E-state index in [1.807, 2.05) is 43.3 Å². The summed E-state index contributed by atoms with van der Waals surface area (Å²) >= 11 is 0. The van der Waals surface area contributed by atoms with E-state index in [2.05, 4.69) is 35.1 Å². The molecule has 0 saturated heterocycles. The summed E-state index contributed by atoms with van der Waals surface area (Å²) < 4.78 is 5.98. The van der Waals surface area contributed by atoms with E-state index in [4.69, 9.17) is 4.74 Å². The lowest BCUT2D eigenvalue weighted by atomic mass is 10.0. The van der Waals surface area contributed by atoms with Crippen LogP contribution in [0.4, 0.5) is 5.95 Å². The van der Waals surface area contributed by atoms with Crippen LogP contribution < -0.4 is 4.90 Å². The maximum Gasteiger partial charge on any atom is 0.225 e. The Labute approximate surface area is 130 Å². The second-order valence-corrected chi connectivity index (χ2v) is 5.47. The van der Waals surface area contributed by atoms with E-state index in [0.717, 1.165) is 17.0 Å². The van der Waals surface area contributed by atoms with Gasteiger partial charge in [0.15, 0.2) is 0 Å². The summed E-state index contributed by atoms with van der Waals surface area (Å²) in [5, 5.41) is 0. The molecule has 1 aliphatic heterocycles. The molecule has 4 nitrogen and oxygen atoms in total. The third-order valence-electron chi connectivity index (χ3n) is 3.54. The van der Waals surface area contributed by atoms with Crippen LogP contribution in [0.2, 0.25) is 0 Å². The summed E-state index contributed by atoms with van der Waals surface area (Å²) in [6.45, 7) is 2.60. The molecule has 0 unspecified atom stereocenters. The number of aromatic nitrogens is 2. The van der Waals surface area contributed by atoms with Crippen molar-refractivity contribution in [1.29, 1.82) is 0 Å². The highest BCUT2D eigenvalue weighted by Gasteiger charge is 2.16. The Morgan fingerprint density at radius 1 is 1.09 bits per heavy atom. The van der Waals surface area contributed by atoms with Crippen LogP contribution >= 0.6 is 0 Å². The second-order valence-electron chi connectivity index (χ2n) is 5.47. The van der Waals surface area contributed by atoms with Gasteiger partial charge in [0.05, 0.1) is 0 Å². The minimum atomic E-state index is 0.554. The number of hydrogen-bond donors (Lipinski definition) is 0. The molecule has 0 bridgehead atoms. The Hall–Kier alpha value is -2.62. The topological polar surface area (TPSA) is 38.2 Å². The molecule has 1 aliphatic rings. The highest BCUT2D eigenvalue weighted by molar-refractivity contribution is 5.76. The summed E-state index contributed by atoms with van der Waals surface area (Å²) in [4.78, 5) is 10.7. The van der Waals surface area contributed by atoms with Crippen molar-refractivity contribution < 1.29 is 4.74 Å². The van der Waals surface area contributed by atoms with Gasteiger partial charge in [-0.2, -0.15) is 0 Å². The number of ether oxygens (including phenoxy) is 1. The number of hydrogen-bond acceptors (Lipinski definition) is 4. The first-order valence-electron chi connectivity index (χ1n) is 7.25. The SMILES string of the molecule is CC1=C(c2ccnc(N(C)C)n2)OCC(c2ccccc2)=C1. The van der Waals surface area contributed by atoms with Gasteiger partial charge in [-0.3, -0.25) is 0 Å². The second kappa shape index (κ2) is 6.02. The van der Waals surface area contributed by atoms with Gasteiger partial charge in [-0.05, 0) is 35.8 Å². The maximum atomic E-state index is 5.98. The fourth-order valence-electron chi connectivity index (χ4n) is 2.42. The maximum absolute atomic E-state index is 5.98. The largest absolute Gasteiger partial charge is 0.486 e. The fraction of sp³-hybridized carbons (Fsp3) is 0.222. The molecule has 0 fully saturated rings. The highest BCUT2D eigenvalue weighted by atomic mass is 16.5. The number of nitrogens with zero attached hydrogens (tertiary/aromatic N) is 3. The molecule has 0 spiro atoms. The first kappa shape index (κ1) is 14.3. The van der Waals surface area contributed by atoms with E-state index in [9.17, 15) is 0 Å². The summed E-state index contributed by atoms with van der Waals surface area (Å²) in [6, 6.07) is 12.2. The summed E-state index contributed by atoms with van der Waals surface area (Å²) in [5.74, 6) is 1.50. The third kappa shape index (κ3) is 2.86. The highest BCUT2D eigenvalue weighted by Crippen LogP contribution is 2.29. The number of benzene rings is 1. The molecule has 3 rings (SSSR count). The van der Waals surface area contributed by atoms with Crippen LogP contribution in [0.15, 0.2) is 54.2 Å². The van der Waals surface area contributed by atoms with Crippen LogP contribution in [0.1, 0.15) is 18.2 Å². The number of allylic oxidation sites excluding steroid dienone is 2. The van der Waals surface area contributed by atoms with Gasteiger partial charge in [-0.25, -0.2) is 9.97 Å². The Morgan fingerprint density at radius 3 is 2.55 bits per heavy atom. The van der Waals surface area contributed by atoms with Gasteiger partial charge in [0.25, 0.3) is 0 Å². The van der Waals surface area contributed by atoms with E-state index in [0.29, 0.717) is 12.6 Å².